The van der Waals surface area contributed by atoms with Gasteiger partial charge in [0.1, 0.15) is 5.75 Å². The van der Waals surface area contributed by atoms with Gasteiger partial charge in [-0.3, -0.25) is 25.2 Å². The van der Waals surface area contributed by atoms with E-state index in [1.54, 1.807) is 72.8 Å². The Bertz CT molecular complexity index is 1060. The monoisotopic (exact) mass is 417 g/mol. The quantitative estimate of drug-likeness (QED) is 0.532. The fraction of sp³-hybridized carbons (Fsp3) is 0.125. The van der Waals surface area contributed by atoms with Crippen molar-refractivity contribution in [1.82, 2.24) is 10.9 Å². The zero-order chi connectivity index (χ0) is 22.2. The summed E-state index contributed by atoms with van der Waals surface area (Å²) in [4.78, 5) is 37.0. The molecule has 3 N–H and O–H groups in total. The average molecular weight is 417 g/mol. The topological polar surface area (TPSA) is 96.5 Å². The Kier molecular flexibility index (Phi) is 7.01. The molecule has 31 heavy (non-hydrogen) atoms. The third-order valence-electron chi connectivity index (χ3n) is 4.22. The van der Waals surface area contributed by atoms with Crippen molar-refractivity contribution in [2.24, 2.45) is 0 Å². The molecule has 0 saturated carbocycles. The van der Waals surface area contributed by atoms with Gasteiger partial charge in [0.25, 0.3) is 17.7 Å². The number of hydrogen-bond donors (Lipinski definition) is 3. The van der Waals surface area contributed by atoms with Crippen molar-refractivity contribution in [2.45, 2.75) is 20.0 Å². The molecule has 3 amide bonds. The molecule has 0 atom stereocenters. The molecule has 0 fully saturated rings. The predicted molar refractivity (Wildman–Crippen MR) is 118 cm³/mol. The second-order valence-electron chi connectivity index (χ2n) is 6.97. The number of benzene rings is 3. The maximum absolute atomic E-state index is 12.4. The zero-order valence-corrected chi connectivity index (χ0v) is 17.2. The SMILES string of the molecule is CC(C)Oc1ccccc1C(=O)NNC(=O)c1ccc(NC(=O)c2ccccc2)cc1. The Labute approximate surface area is 180 Å². The highest BCUT2D eigenvalue weighted by atomic mass is 16.5. The predicted octanol–water partition coefficient (Wildman–Crippen LogP) is 3.80. The number of para-hydroxylation sites is 1. The molecule has 158 valence electrons. The lowest BCUT2D eigenvalue weighted by molar-refractivity contribution is 0.0843. The van der Waals surface area contributed by atoms with Crippen molar-refractivity contribution in [3.63, 3.8) is 0 Å². The smallest absolute Gasteiger partial charge is 0.273 e. The third kappa shape index (κ3) is 5.93. The van der Waals surface area contributed by atoms with Crippen molar-refractivity contribution < 1.29 is 19.1 Å². The van der Waals surface area contributed by atoms with E-state index >= 15 is 0 Å². The van der Waals surface area contributed by atoms with Crippen LogP contribution < -0.4 is 20.9 Å². The van der Waals surface area contributed by atoms with Crippen molar-refractivity contribution in [2.75, 3.05) is 5.32 Å². The molecule has 0 heterocycles. The van der Waals surface area contributed by atoms with Crippen molar-refractivity contribution in [1.29, 1.82) is 0 Å². The normalized spacial score (nSPS) is 10.3. The molecule has 0 aromatic heterocycles. The van der Waals surface area contributed by atoms with E-state index in [9.17, 15) is 14.4 Å². The van der Waals surface area contributed by atoms with Crippen LogP contribution in [0.2, 0.25) is 0 Å². The van der Waals surface area contributed by atoms with Gasteiger partial charge in [-0.25, -0.2) is 0 Å². The van der Waals surface area contributed by atoms with Crippen molar-refractivity contribution >= 4 is 23.4 Å². The van der Waals surface area contributed by atoms with Crippen molar-refractivity contribution in [3.8, 4) is 5.75 Å². The first-order valence-electron chi connectivity index (χ1n) is 9.77. The van der Waals surface area contributed by atoms with Gasteiger partial charge in [-0.05, 0) is 62.4 Å². The molecule has 7 heteroatoms. The van der Waals surface area contributed by atoms with Crippen LogP contribution in [-0.2, 0) is 0 Å². The molecule has 0 spiro atoms. The molecule has 0 aliphatic carbocycles. The summed E-state index contributed by atoms with van der Waals surface area (Å²) in [5.41, 5.74) is 6.50. The molecule has 3 rings (SSSR count). The highest BCUT2D eigenvalue weighted by Gasteiger charge is 2.14. The van der Waals surface area contributed by atoms with E-state index in [2.05, 4.69) is 16.2 Å². The van der Waals surface area contributed by atoms with E-state index in [1.165, 1.54) is 0 Å². The van der Waals surface area contributed by atoms with Gasteiger partial charge < -0.3 is 10.1 Å². The lowest BCUT2D eigenvalue weighted by Gasteiger charge is -2.14. The molecule has 0 aliphatic heterocycles. The molecule has 0 saturated heterocycles. The second kappa shape index (κ2) is 10.1. The third-order valence-corrected chi connectivity index (χ3v) is 4.22. The van der Waals surface area contributed by atoms with Gasteiger partial charge in [-0.2, -0.15) is 0 Å². The number of rotatable bonds is 6. The Morgan fingerprint density at radius 2 is 1.26 bits per heavy atom. The molecule has 0 aliphatic rings. The van der Waals surface area contributed by atoms with E-state index in [0.717, 1.165) is 0 Å². The summed E-state index contributed by atoms with van der Waals surface area (Å²) in [6, 6.07) is 21.9. The molecule has 3 aromatic rings. The van der Waals surface area contributed by atoms with E-state index < -0.39 is 11.8 Å². The minimum Gasteiger partial charge on any atom is -0.490 e. The van der Waals surface area contributed by atoms with Crippen LogP contribution in [0.5, 0.6) is 5.75 Å². The number of anilines is 1. The minimum absolute atomic E-state index is 0.0931. The fourth-order valence-corrected chi connectivity index (χ4v) is 2.76. The van der Waals surface area contributed by atoms with Crippen molar-refractivity contribution in [3.05, 3.63) is 95.6 Å². The van der Waals surface area contributed by atoms with Gasteiger partial charge in [-0.15, -0.1) is 0 Å². The number of carbonyl (C=O) groups excluding carboxylic acids is 3. The largest absolute Gasteiger partial charge is 0.490 e. The van der Waals surface area contributed by atoms with E-state index in [1.807, 2.05) is 19.9 Å². The van der Waals surface area contributed by atoms with Crippen LogP contribution in [0.25, 0.3) is 0 Å². The number of carbonyl (C=O) groups is 3. The van der Waals surface area contributed by atoms with Crippen LogP contribution in [0.15, 0.2) is 78.9 Å². The van der Waals surface area contributed by atoms with Gasteiger partial charge in [0.15, 0.2) is 0 Å². The number of hydrogen-bond acceptors (Lipinski definition) is 4. The van der Waals surface area contributed by atoms with Crippen LogP contribution in [0.1, 0.15) is 44.9 Å². The van der Waals surface area contributed by atoms with Crippen LogP contribution in [0.3, 0.4) is 0 Å². The molecule has 3 aromatic carbocycles. The summed E-state index contributed by atoms with van der Waals surface area (Å²) in [7, 11) is 0. The lowest BCUT2D eigenvalue weighted by Crippen LogP contribution is -2.41. The zero-order valence-electron chi connectivity index (χ0n) is 17.2. The van der Waals surface area contributed by atoms with Crippen LogP contribution in [0, 0.1) is 0 Å². The van der Waals surface area contributed by atoms with Gasteiger partial charge >= 0.3 is 0 Å². The fourth-order valence-electron chi connectivity index (χ4n) is 2.76. The second-order valence-corrected chi connectivity index (χ2v) is 6.97. The number of hydrazine groups is 1. The Hall–Kier alpha value is -4.13. The molecule has 7 nitrogen and oxygen atoms in total. The number of amides is 3. The minimum atomic E-state index is -0.489. The van der Waals surface area contributed by atoms with Gasteiger partial charge in [0.05, 0.1) is 11.7 Å². The summed E-state index contributed by atoms with van der Waals surface area (Å²) in [5.74, 6) is -0.789. The number of nitrogens with one attached hydrogen (secondary N) is 3. The Morgan fingerprint density at radius 3 is 1.94 bits per heavy atom. The number of ether oxygens (including phenoxy) is 1. The Morgan fingerprint density at radius 1 is 0.677 bits per heavy atom. The molecular weight excluding hydrogens is 394 g/mol. The summed E-state index contributed by atoms with van der Waals surface area (Å²) in [6.45, 7) is 3.73. The summed E-state index contributed by atoms with van der Waals surface area (Å²) < 4.78 is 5.63. The maximum atomic E-state index is 12.4. The maximum Gasteiger partial charge on any atom is 0.273 e. The molecule has 0 radical (unpaired) electrons. The summed E-state index contributed by atoms with van der Waals surface area (Å²) >= 11 is 0. The molecule has 0 unspecified atom stereocenters. The van der Waals surface area contributed by atoms with Crippen LogP contribution in [0.4, 0.5) is 5.69 Å². The molecular formula is C24H23N3O4. The first-order chi connectivity index (χ1) is 14.9. The van der Waals surface area contributed by atoms with E-state index in [4.69, 9.17) is 4.74 Å². The molecule has 0 bridgehead atoms. The summed E-state index contributed by atoms with van der Waals surface area (Å²) in [6.07, 6.45) is -0.0931. The first-order valence-corrected chi connectivity index (χ1v) is 9.77. The standard InChI is InChI=1S/C24H23N3O4/c1-16(2)31-21-11-7-6-10-20(21)24(30)27-26-23(29)18-12-14-19(15-13-18)25-22(28)17-8-4-3-5-9-17/h3-16H,1-2H3,(H,25,28)(H,26,29)(H,27,30). The Balaban J connectivity index is 1.58. The van der Waals surface area contributed by atoms with Crippen LogP contribution >= 0.6 is 0 Å². The summed E-state index contributed by atoms with van der Waals surface area (Å²) in [5, 5.41) is 2.76. The van der Waals surface area contributed by atoms with Crippen LogP contribution in [-0.4, -0.2) is 23.8 Å². The lowest BCUT2D eigenvalue weighted by atomic mass is 10.1. The first kappa shape index (κ1) is 21.6. The highest BCUT2D eigenvalue weighted by Crippen LogP contribution is 2.19. The van der Waals surface area contributed by atoms with Gasteiger partial charge in [0.2, 0.25) is 0 Å². The van der Waals surface area contributed by atoms with E-state index in [-0.39, 0.29) is 12.0 Å². The van der Waals surface area contributed by atoms with Gasteiger partial charge in [0, 0.05) is 16.8 Å². The van der Waals surface area contributed by atoms with E-state index in [0.29, 0.717) is 28.1 Å². The average Bonchev–Trinajstić information content (AvgIpc) is 2.78. The highest BCUT2D eigenvalue weighted by molar-refractivity contribution is 6.04. The van der Waals surface area contributed by atoms with Gasteiger partial charge in [-0.1, -0.05) is 30.3 Å².